The van der Waals surface area contributed by atoms with Gasteiger partial charge in [-0.05, 0) is 38.6 Å². The zero-order chi connectivity index (χ0) is 10.1. The van der Waals surface area contributed by atoms with Crippen molar-refractivity contribution in [2.75, 3.05) is 7.05 Å². The molecule has 3 atom stereocenters. The Kier molecular flexibility index (Phi) is 2.77. The molecule has 2 rings (SSSR count). The van der Waals surface area contributed by atoms with Crippen LogP contribution in [0.25, 0.3) is 0 Å². The lowest BCUT2D eigenvalue weighted by atomic mass is 9.77. The Morgan fingerprint density at radius 2 is 1.93 bits per heavy atom. The maximum atomic E-state index is 10.7. The molecule has 0 amide bonds. The predicted molar refractivity (Wildman–Crippen MR) is 54.2 cm³/mol. The average molecular weight is 197 g/mol. The van der Waals surface area contributed by atoms with Crippen LogP contribution in [0, 0.1) is 5.92 Å². The van der Waals surface area contributed by atoms with Gasteiger partial charge in [-0.1, -0.05) is 6.42 Å². The van der Waals surface area contributed by atoms with E-state index < -0.39 is 5.97 Å². The van der Waals surface area contributed by atoms with E-state index in [9.17, 15) is 4.79 Å². The van der Waals surface area contributed by atoms with Crippen molar-refractivity contribution in [1.29, 1.82) is 0 Å². The van der Waals surface area contributed by atoms with E-state index in [-0.39, 0.29) is 0 Å². The molecule has 0 aromatic rings. The number of piperidine rings is 2. The van der Waals surface area contributed by atoms with Crippen LogP contribution < -0.4 is 0 Å². The molecule has 2 fully saturated rings. The van der Waals surface area contributed by atoms with Crippen LogP contribution in [0.4, 0.5) is 0 Å². The number of hydrogen-bond donors (Lipinski definition) is 1. The van der Waals surface area contributed by atoms with E-state index in [0.29, 0.717) is 24.4 Å². The number of rotatable bonds is 2. The molecule has 0 aromatic carbocycles. The third kappa shape index (κ3) is 1.92. The van der Waals surface area contributed by atoms with Crippen LogP contribution in [0.5, 0.6) is 0 Å². The normalized spacial score (nSPS) is 38.2. The van der Waals surface area contributed by atoms with Gasteiger partial charge < -0.3 is 10.0 Å². The van der Waals surface area contributed by atoms with Crippen molar-refractivity contribution in [3.05, 3.63) is 0 Å². The van der Waals surface area contributed by atoms with Gasteiger partial charge in [0.1, 0.15) is 0 Å². The standard InChI is InChI=1S/C11H19NO2/c1-12-9-3-2-4-10(12)6-8(5-9)7-11(13)14/h8-10H,2-7H2,1H3,(H,13,14)/t8?,9-,10+. The number of fused-ring (bicyclic) bond motifs is 2. The summed E-state index contributed by atoms with van der Waals surface area (Å²) in [5, 5.41) is 8.78. The molecule has 2 saturated heterocycles. The van der Waals surface area contributed by atoms with Crippen LogP contribution >= 0.6 is 0 Å². The Labute approximate surface area is 85.1 Å². The molecule has 2 bridgehead atoms. The summed E-state index contributed by atoms with van der Waals surface area (Å²) in [6.07, 6.45) is 6.44. The van der Waals surface area contributed by atoms with Gasteiger partial charge in [-0.15, -0.1) is 0 Å². The summed E-state index contributed by atoms with van der Waals surface area (Å²) >= 11 is 0. The molecule has 2 aliphatic heterocycles. The highest BCUT2D eigenvalue weighted by atomic mass is 16.4. The first-order valence-electron chi connectivity index (χ1n) is 5.60. The van der Waals surface area contributed by atoms with Crippen LogP contribution in [-0.2, 0) is 4.79 Å². The van der Waals surface area contributed by atoms with Crippen molar-refractivity contribution in [2.45, 2.75) is 50.6 Å². The summed E-state index contributed by atoms with van der Waals surface area (Å²) in [5.41, 5.74) is 0. The molecule has 0 aliphatic carbocycles. The second-order valence-electron chi connectivity index (χ2n) is 4.84. The van der Waals surface area contributed by atoms with E-state index in [1.165, 1.54) is 19.3 Å². The highest BCUT2D eigenvalue weighted by Crippen LogP contribution is 2.36. The Hall–Kier alpha value is -0.570. The molecule has 0 aromatic heterocycles. The van der Waals surface area contributed by atoms with Crippen molar-refractivity contribution >= 4 is 5.97 Å². The molecule has 3 nitrogen and oxygen atoms in total. The van der Waals surface area contributed by atoms with Gasteiger partial charge in [0, 0.05) is 18.5 Å². The lowest BCUT2D eigenvalue weighted by molar-refractivity contribution is -0.139. The molecule has 0 saturated carbocycles. The molecular formula is C11H19NO2. The second kappa shape index (κ2) is 3.89. The van der Waals surface area contributed by atoms with E-state index in [1.54, 1.807) is 0 Å². The Morgan fingerprint density at radius 1 is 1.36 bits per heavy atom. The van der Waals surface area contributed by atoms with Gasteiger partial charge in [0.05, 0.1) is 0 Å². The number of carboxylic acids is 1. The van der Waals surface area contributed by atoms with E-state index in [0.717, 1.165) is 12.8 Å². The molecule has 1 unspecified atom stereocenters. The minimum atomic E-state index is -0.627. The fraction of sp³-hybridized carbons (Fsp3) is 0.909. The summed E-state index contributed by atoms with van der Waals surface area (Å²) < 4.78 is 0. The van der Waals surface area contributed by atoms with Gasteiger partial charge in [-0.3, -0.25) is 4.79 Å². The molecule has 0 radical (unpaired) electrons. The van der Waals surface area contributed by atoms with Gasteiger partial charge in [0.25, 0.3) is 0 Å². The van der Waals surface area contributed by atoms with Crippen molar-refractivity contribution in [2.24, 2.45) is 5.92 Å². The fourth-order valence-electron chi connectivity index (χ4n) is 3.14. The van der Waals surface area contributed by atoms with E-state index >= 15 is 0 Å². The smallest absolute Gasteiger partial charge is 0.303 e. The lowest BCUT2D eigenvalue weighted by Crippen LogP contribution is -2.49. The number of nitrogens with zero attached hydrogens (tertiary/aromatic N) is 1. The molecule has 3 heteroatoms. The minimum absolute atomic E-state index is 0.376. The van der Waals surface area contributed by atoms with Crippen LogP contribution in [0.1, 0.15) is 38.5 Å². The summed E-state index contributed by atoms with van der Waals surface area (Å²) in [5.74, 6) is -0.198. The number of aliphatic carboxylic acids is 1. The molecule has 2 heterocycles. The third-order valence-corrected chi connectivity index (χ3v) is 3.90. The maximum Gasteiger partial charge on any atom is 0.303 e. The zero-order valence-corrected chi connectivity index (χ0v) is 8.78. The predicted octanol–water partition coefficient (Wildman–Crippen LogP) is 1.72. The van der Waals surface area contributed by atoms with Gasteiger partial charge in [-0.2, -0.15) is 0 Å². The number of hydrogen-bond acceptors (Lipinski definition) is 2. The highest BCUT2D eigenvalue weighted by molar-refractivity contribution is 5.67. The first kappa shape index (κ1) is 9.97. The van der Waals surface area contributed by atoms with Gasteiger partial charge in [0.2, 0.25) is 0 Å². The van der Waals surface area contributed by atoms with Crippen molar-refractivity contribution in [3.8, 4) is 0 Å². The number of carboxylic acid groups (broad SMARTS) is 1. The summed E-state index contributed by atoms with van der Waals surface area (Å²) in [7, 11) is 2.20. The third-order valence-electron chi connectivity index (χ3n) is 3.90. The fourth-order valence-corrected chi connectivity index (χ4v) is 3.14. The van der Waals surface area contributed by atoms with E-state index in [2.05, 4.69) is 11.9 Å². The summed E-state index contributed by atoms with van der Waals surface area (Å²) in [6.45, 7) is 0. The van der Waals surface area contributed by atoms with Crippen LogP contribution in [0.15, 0.2) is 0 Å². The molecule has 80 valence electrons. The lowest BCUT2D eigenvalue weighted by Gasteiger charge is -2.46. The Bertz CT molecular complexity index is 215. The largest absolute Gasteiger partial charge is 0.481 e. The second-order valence-corrected chi connectivity index (χ2v) is 4.84. The molecule has 0 spiro atoms. The molecule has 2 aliphatic rings. The van der Waals surface area contributed by atoms with E-state index in [4.69, 9.17) is 5.11 Å². The monoisotopic (exact) mass is 197 g/mol. The average Bonchev–Trinajstić information content (AvgIpc) is 2.05. The van der Waals surface area contributed by atoms with E-state index in [1.807, 2.05) is 0 Å². The summed E-state index contributed by atoms with van der Waals surface area (Å²) in [4.78, 5) is 13.1. The first-order valence-corrected chi connectivity index (χ1v) is 5.60. The van der Waals surface area contributed by atoms with Crippen molar-refractivity contribution in [1.82, 2.24) is 4.90 Å². The highest BCUT2D eigenvalue weighted by Gasteiger charge is 2.36. The molecule has 14 heavy (non-hydrogen) atoms. The zero-order valence-electron chi connectivity index (χ0n) is 8.78. The molecular weight excluding hydrogens is 178 g/mol. The van der Waals surface area contributed by atoms with Crippen LogP contribution in [0.3, 0.4) is 0 Å². The quantitative estimate of drug-likeness (QED) is 0.732. The Balaban J connectivity index is 1.97. The number of carbonyl (C=O) groups is 1. The van der Waals surface area contributed by atoms with Crippen molar-refractivity contribution < 1.29 is 9.90 Å². The van der Waals surface area contributed by atoms with Crippen LogP contribution in [-0.4, -0.2) is 35.1 Å². The maximum absolute atomic E-state index is 10.7. The molecule has 1 N–H and O–H groups in total. The van der Waals surface area contributed by atoms with Gasteiger partial charge >= 0.3 is 5.97 Å². The Morgan fingerprint density at radius 3 is 2.43 bits per heavy atom. The SMILES string of the molecule is CN1[C@@H]2CCC[C@H]1CC(CC(=O)O)C2. The van der Waals surface area contributed by atoms with Crippen molar-refractivity contribution in [3.63, 3.8) is 0 Å². The minimum Gasteiger partial charge on any atom is -0.481 e. The van der Waals surface area contributed by atoms with Crippen LogP contribution in [0.2, 0.25) is 0 Å². The summed E-state index contributed by atoms with van der Waals surface area (Å²) in [6, 6.07) is 1.32. The topological polar surface area (TPSA) is 40.5 Å². The van der Waals surface area contributed by atoms with Gasteiger partial charge in [0.15, 0.2) is 0 Å². The first-order chi connectivity index (χ1) is 6.66. The van der Waals surface area contributed by atoms with Gasteiger partial charge in [-0.25, -0.2) is 0 Å².